The Morgan fingerprint density at radius 1 is 1.14 bits per heavy atom. The number of rotatable bonds is 9. The predicted octanol–water partition coefficient (Wildman–Crippen LogP) is 4.16. The maximum absolute atomic E-state index is 5.91. The van der Waals surface area contributed by atoms with E-state index < -0.39 is 0 Å². The maximum atomic E-state index is 5.91. The minimum absolute atomic E-state index is 0.280. The summed E-state index contributed by atoms with van der Waals surface area (Å²) in [6, 6.07) is 6.05. The third-order valence-corrected chi connectivity index (χ3v) is 6.99. The van der Waals surface area contributed by atoms with Crippen molar-refractivity contribution in [3.8, 4) is 0 Å². The topological polar surface area (TPSA) is 56.1 Å². The lowest BCUT2D eigenvalue weighted by Gasteiger charge is -2.27. The summed E-state index contributed by atoms with van der Waals surface area (Å²) in [7, 11) is 2.22. The van der Waals surface area contributed by atoms with E-state index in [1.165, 1.54) is 32.1 Å². The van der Waals surface area contributed by atoms with Gasteiger partial charge in [0.15, 0.2) is 5.16 Å². The van der Waals surface area contributed by atoms with E-state index in [-0.39, 0.29) is 6.10 Å². The van der Waals surface area contributed by atoms with Crippen LogP contribution < -0.4 is 0 Å². The van der Waals surface area contributed by atoms with Crippen molar-refractivity contribution < 1.29 is 4.74 Å². The predicted molar refractivity (Wildman–Crippen MR) is 116 cm³/mol. The van der Waals surface area contributed by atoms with E-state index in [4.69, 9.17) is 4.74 Å². The number of pyridine rings is 1. The summed E-state index contributed by atoms with van der Waals surface area (Å²) in [5.74, 6) is 2.70. The first kappa shape index (κ1) is 20.8. The molecule has 3 heterocycles. The van der Waals surface area contributed by atoms with Crippen molar-refractivity contribution in [3.05, 3.63) is 35.9 Å². The fourth-order valence-electron chi connectivity index (χ4n) is 4.46. The van der Waals surface area contributed by atoms with Crippen LogP contribution in [-0.4, -0.2) is 51.0 Å². The van der Waals surface area contributed by atoms with Crippen molar-refractivity contribution in [2.45, 2.75) is 75.0 Å². The zero-order valence-electron chi connectivity index (χ0n) is 17.5. The first-order valence-corrected chi connectivity index (χ1v) is 12.0. The van der Waals surface area contributed by atoms with Crippen LogP contribution in [0.15, 0.2) is 29.6 Å². The molecule has 4 rings (SSSR count). The molecular formula is C22H33N5OS. The number of nitrogens with zero attached hydrogens (tertiary/aromatic N) is 5. The van der Waals surface area contributed by atoms with Gasteiger partial charge in [0.25, 0.3) is 0 Å². The van der Waals surface area contributed by atoms with Crippen molar-refractivity contribution in [1.82, 2.24) is 24.6 Å². The average molecular weight is 416 g/mol. The van der Waals surface area contributed by atoms with E-state index in [9.17, 15) is 0 Å². The molecule has 1 atom stereocenters. The van der Waals surface area contributed by atoms with Gasteiger partial charge in [-0.25, -0.2) is 0 Å². The van der Waals surface area contributed by atoms with Crippen molar-refractivity contribution in [1.29, 1.82) is 0 Å². The van der Waals surface area contributed by atoms with Crippen LogP contribution in [-0.2, 0) is 23.6 Å². The number of thioether (sulfide) groups is 1. The highest BCUT2D eigenvalue weighted by molar-refractivity contribution is 7.98. The number of hydrogen-bond donors (Lipinski definition) is 0. The molecule has 2 aromatic heterocycles. The van der Waals surface area contributed by atoms with E-state index in [0.717, 1.165) is 67.4 Å². The highest BCUT2D eigenvalue weighted by Crippen LogP contribution is 2.26. The Kier molecular flexibility index (Phi) is 7.57. The molecule has 2 fully saturated rings. The van der Waals surface area contributed by atoms with Gasteiger partial charge in [-0.2, -0.15) is 0 Å². The third-order valence-electron chi connectivity index (χ3n) is 5.98. The van der Waals surface area contributed by atoms with Crippen LogP contribution in [0.3, 0.4) is 0 Å². The molecule has 0 unspecified atom stereocenters. The van der Waals surface area contributed by atoms with Crippen molar-refractivity contribution in [2.75, 3.05) is 20.2 Å². The van der Waals surface area contributed by atoms with Gasteiger partial charge >= 0.3 is 0 Å². The van der Waals surface area contributed by atoms with E-state index >= 15 is 0 Å². The quantitative estimate of drug-likeness (QED) is 0.573. The summed E-state index contributed by atoms with van der Waals surface area (Å²) in [5.41, 5.74) is 1.07. The van der Waals surface area contributed by atoms with Gasteiger partial charge in [-0.15, -0.1) is 10.2 Å². The molecule has 0 aromatic carbocycles. The van der Waals surface area contributed by atoms with Crippen LogP contribution in [0.25, 0.3) is 0 Å². The van der Waals surface area contributed by atoms with Gasteiger partial charge < -0.3 is 9.30 Å². The van der Waals surface area contributed by atoms with Crippen molar-refractivity contribution >= 4 is 11.8 Å². The van der Waals surface area contributed by atoms with Gasteiger partial charge in [0.05, 0.1) is 24.9 Å². The van der Waals surface area contributed by atoms with Crippen molar-refractivity contribution in [3.63, 3.8) is 0 Å². The summed E-state index contributed by atoms with van der Waals surface area (Å²) in [4.78, 5) is 6.87. The summed E-state index contributed by atoms with van der Waals surface area (Å²) in [6.07, 6.45) is 11.3. The molecule has 0 amide bonds. The largest absolute Gasteiger partial charge is 0.376 e. The summed E-state index contributed by atoms with van der Waals surface area (Å²) >= 11 is 1.72. The molecule has 6 nitrogen and oxygen atoms in total. The number of hydrogen-bond acceptors (Lipinski definition) is 6. The van der Waals surface area contributed by atoms with E-state index in [0.29, 0.717) is 0 Å². The molecule has 0 spiro atoms. The minimum atomic E-state index is 0.280. The molecule has 7 heteroatoms. The standard InChI is InChI=1S/C22H33N5OS/c1-26(14-18-8-3-2-4-9-18)16-21-24-25-22(27(21)15-20-11-7-13-28-20)29-17-19-10-5-6-12-23-19/h5-6,10,12,18,20H,2-4,7-9,11,13-17H2,1H3/t20-/m1/s1. The Morgan fingerprint density at radius 3 is 2.79 bits per heavy atom. The number of aromatic nitrogens is 4. The molecule has 2 aliphatic rings. The first-order chi connectivity index (χ1) is 14.3. The van der Waals surface area contributed by atoms with E-state index in [1.807, 2.05) is 18.3 Å². The molecule has 1 aliphatic heterocycles. The molecule has 0 radical (unpaired) electrons. The second-order valence-electron chi connectivity index (χ2n) is 8.45. The third kappa shape index (κ3) is 6.03. The molecule has 0 N–H and O–H groups in total. The van der Waals surface area contributed by atoms with Crippen LogP contribution in [0.4, 0.5) is 0 Å². The zero-order valence-corrected chi connectivity index (χ0v) is 18.3. The fraction of sp³-hybridized carbons (Fsp3) is 0.682. The van der Waals surface area contributed by atoms with Gasteiger partial charge in [0.1, 0.15) is 5.82 Å². The van der Waals surface area contributed by atoms with Crippen LogP contribution in [0.5, 0.6) is 0 Å². The van der Waals surface area contributed by atoms with E-state index in [1.54, 1.807) is 11.8 Å². The lowest BCUT2D eigenvalue weighted by molar-refractivity contribution is 0.0932. The Hall–Kier alpha value is -1.44. The molecule has 29 heavy (non-hydrogen) atoms. The molecule has 1 saturated carbocycles. The van der Waals surface area contributed by atoms with Crippen LogP contribution in [0.1, 0.15) is 56.5 Å². The van der Waals surface area contributed by atoms with Gasteiger partial charge in [-0.1, -0.05) is 37.1 Å². The fourth-order valence-corrected chi connectivity index (χ4v) is 5.34. The molecule has 1 saturated heterocycles. The van der Waals surface area contributed by atoms with Crippen LogP contribution in [0, 0.1) is 5.92 Å². The summed E-state index contributed by atoms with van der Waals surface area (Å²) < 4.78 is 8.21. The Balaban J connectivity index is 1.42. The lowest BCUT2D eigenvalue weighted by Crippen LogP contribution is -2.28. The van der Waals surface area contributed by atoms with Gasteiger partial charge in [0.2, 0.25) is 0 Å². The molecule has 0 bridgehead atoms. The second-order valence-corrected chi connectivity index (χ2v) is 9.40. The monoisotopic (exact) mass is 415 g/mol. The first-order valence-electron chi connectivity index (χ1n) is 11.0. The minimum Gasteiger partial charge on any atom is -0.376 e. The smallest absolute Gasteiger partial charge is 0.191 e. The van der Waals surface area contributed by atoms with Crippen molar-refractivity contribution in [2.24, 2.45) is 5.92 Å². The van der Waals surface area contributed by atoms with Gasteiger partial charge in [0, 0.05) is 25.1 Å². The SMILES string of the molecule is CN(Cc1nnc(SCc2ccccn2)n1C[C@H]1CCCO1)CC1CCCCC1. The van der Waals surface area contributed by atoms with Gasteiger partial charge in [-0.3, -0.25) is 9.88 Å². The molecule has 158 valence electrons. The normalized spacial score (nSPS) is 20.6. The molecular weight excluding hydrogens is 382 g/mol. The lowest BCUT2D eigenvalue weighted by atomic mass is 9.89. The average Bonchev–Trinajstić information content (AvgIpc) is 3.39. The Labute approximate surface area is 178 Å². The Morgan fingerprint density at radius 2 is 2.03 bits per heavy atom. The van der Waals surface area contributed by atoms with E-state index in [2.05, 4.69) is 37.8 Å². The summed E-state index contributed by atoms with van der Waals surface area (Å²) in [6.45, 7) is 3.73. The maximum Gasteiger partial charge on any atom is 0.191 e. The zero-order chi connectivity index (χ0) is 19.9. The summed E-state index contributed by atoms with van der Waals surface area (Å²) in [5, 5.41) is 10.1. The highest BCUT2D eigenvalue weighted by atomic mass is 32.2. The van der Waals surface area contributed by atoms with Crippen LogP contribution in [0.2, 0.25) is 0 Å². The molecule has 1 aliphatic carbocycles. The highest BCUT2D eigenvalue weighted by Gasteiger charge is 2.23. The van der Waals surface area contributed by atoms with Crippen LogP contribution >= 0.6 is 11.8 Å². The Bertz CT molecular complexity index is 741. The van der Waals surface area contributed by atoms with Gasteiger partial charge in [-0.05, 0) is 50.8 Å². The molecule has 2 aromatic rings. The number of ether oxygens (including phenoxy) is 1. The second kappa shape index (κ2) is 10.5.